The van der Waals surface area contributed by atoms with Gasteiger partial charge in [-0.2, -0.15) is 28.0 Å². The standard InChI is InChI=1S/C23H35F3O5SSi2.C21H30O2.C5H11.BrH.Mg/c1-15(2)18-11-10-16(3)12-19(18)22-20(30-33(4,5)6)13-17(14-21(22)31-34(7,8)9)29-32(27,28)23(24,25)26;1-5-6-7-8-16-12-19(22)21(20(23)13-16)18-11-15(4)9-10-17(18)14(2)3;1-3-5-4-2;;/h12-14,18-19H,1,10-11H2,2-9H3;11-13,17-18,22-23H,2,5-10H2,1,3-4H3;1,3-5H2,2H3;1H;/q;;-1;;+2/p-1/t18-,19+;17-,18+;;;/m11.../s1. The maximum atomic E-state index is 13.0. The fraction of sp³-hybridized carbons (Fsp3) is 0.571. The van der Waals surface area contributed by atoms with Crippen LogP contribution in [0.25, 0.3) is 0 Å². The molecule has 7 nitrogen and oxygen atoms in total. The van der Waals surface area contributed by atoms with Gasteiger partial charge in [0, 0.05) is 35.1 Å². The maximum Gasteiger partial charge on any atom is 2.00 e. The number of phenolic OH excluding ortho intramolecular Hbond substituents is 2. The number of alkyl halides is 3. The van der Waals surface area contributed by atoms with Gasteiger partial charge in [0.05, 0.1) is 0 Å². The van der Waals surface area contributed by atoms with Crippen molar-refractivity contribution in [2.75, 3.05) is 0 Å². The van der Waals surface area contributed by atoms with Gasteiger partial charge in [-0.25, -0.2) is 0 Å². The van der Waals surface area contributed by atoms with Gasteiger partial charge >= 0.3 is 38.7 Å². The van der Waals surface area contributed by atoms with Crippen molar-refractivity contribution < 1.29 is 61.8 Å². The normalized spacial score (nSPS) is 18.8. The SMILES string of the molecule is C=C(C)[C@H]1CCC(C)=C[C@@H]1c1c(O)cc(CCCCC)cc1O.C=C(C)[C@H]1CCC(C)=C[C@@H]1c1c(O[Si](C)(C)C)cc(OS(=O)(=O)C(F)(F)F)cc1O[Si](C)(C)C.[Br-].[CH2-]CCCC.[Mg+2]. The quantitative estimate of drug-likeness (QED) is 0.0431. The predicted molar refractivity (Wildman–Crippen MR) is 262 cm³/mol. The Morgan fingerprint density at radius 3 is 1.50 bits per heavy atom. The molecule has 2 aromatic carbocycles. The average Bonchev–Trinajstić information content (AvgIpc) is 3.10. The predicted octanol–water partition coefficient (Wildman–Crippen LogP) is 11.8. The summed E-state index contributed by atoms with van der Waals surface area (Å²) in [6.45, 7) is 36.1. The van der Waals surface area contributed by atoms with Crippen LogP contribution in [0.2, 0.25) is 39.3 Å². The third kappa shape index (κ3) is 19.6. The minimum Gasteiger partial charge on any atom is -1.00 e. The Labute approximate surface area is 413 Å². The number of rotatable bonds is 16. The first-order chi connectivity index (χ1) is 28.5. The second kappa shape index (κ2) is 27.0. The van der Waals surface area contributed by atoms with Crippen LogP contribution in [0.3, 0.4) is 0 Å². The van der Waals surface area contributed by atoms with Crippen molar-refractivity contribution >= 4 is 49.8 Å². The number of unbranched alkanes of at least 4 members (excludes halogenated alkanes) is 4. The fourth-order valence-corrected chi connectivity index (χ4v) is 9.86. The van der Waals surface area contributed by atoms with E-state index in [4.69, 9.17) is 8.85 Å². The van der Waals surface area contributed by atoms with Crippen molar-refractivity contribution in [3.63, 3.8) is 0 Å². The van der Waals surface area contributed by atoms with Gasteiger partial charge in [-0.3, -0.25) is 0 Å². The van der Waals surface area contributed by atoms with E-state index in [-0.39, 0.29) is 86.7 Å². The molecule has 4 rings (SSSR count). The second-order valence-electron chi connectivity index (χ2n) is 19.0. The smallest absolute Gasteiger partial charge is 1.00 e. The average molecular weight is 1030 g/mol. The summed E-state index contributed by atoms with van der Waals surface area (Å²) in [5.41, 5.74) is 1.40. The number of phenols is 2. The van der Waals surface area contributed by atoms with Crippen molar-refractivity contribution in [3.8, 4) is 28.7 Å². The summed E-state index contributed by atoms with van der Waals surface area (Å²) in [5.74, 6) is 0.698. The molecule has 0 amide bonds. The minimum absolute atomic E-state index is 0. The molecule has 0 aromatic heterocycles. The molecule has 0 spiro atoms. The molecule has 4 atom stereocenters. The van der Waals surface area contributed by atoms with Gasteiger partial charge in [-0.15, -0.1) is 0 Å². The molecular formula is C49H76BrF3MgO7SSi2. The third-order valence-electron chi connectivity index (χ3n) is 10.7. The third-order valence-corrected chi connectivity index (χ3v) is 13.3. The molecule has 15 heteroatoms. The monoisotopic (exact) mass is 1020 g/mol. The van der Waals surface area contributed by atoms with E-state index in [2.05, 4.69) is 57.2 Å². The largest absolute Gasteiger partial charge is 2.00 e. The van der Waals surface area contributed by atoms with Crippen molar-refractivity contribution in [2.24, 2.45) is 11.8 Å². The molecule has 0 radical (unpaired) electrons. The van der Waals surface area contributed by atoms with E-state index in [1.165, 1.54) is 49.0 Å². The summed E-state index contributed by atoms with van der Waals surface area (Å²) in [6, 6.07) is 6.14. The first-order valence-electron chi connectivity index (χ1n) is 22.1. The Morgan fingerprint density at radius 2 is 1.17 bits per heavy atom. The summed E-state index contributed by atoms with van der Waals surface area (Å²) in [4.78, 5) is 0. The molecule has 2 aliphatic carbocycles. The molecule has 0 fully saturated rings. The molecule has 64 heavy (non-hydrogen) atoms. The zero-order chi connectivity index (χ0) is 47.4. The van der Waals surface area contributed by atoms with Crippen molar-refractivity contribution in [1.29, 1.82) is 0 Å². The molecule has 2 N–H and O–H groups in total. The van der Waals surface area contributed by atoms with E-state index in [9.17, 15) is 31.8 Å². The van der Waals surface area contributed by atoms with Crippen LogP contribution < -0.4 is 30.0 Å². The number of aryl methyl sites for hydroxylation is 1. The van der Waals surface area contributed by atoms with Crippen LogP contribution in [0.4, 0.5) is 13.2 Å². The van der Waals surface area contributed by atoms with Crippen molar-refractivity contribution in [2.45, 2.75) is 169 Å². The van der Waals surface area contributed by atoms with Crippen molar-refractivity contribution in [1.82, 2.24) is 0 Å². The first kappa shape index (κ1) is 61.8. The van der Waals surface area contributed by atoms with Crippen LogP contribution in [0.5, 0.6) is 28.7 Å². The van der Waals surface area contributed by atoms with E-state index in [0.29, 0.717) is 11.1 Å². The number of halogens is 4. The number of allylic oxidation sites excluding steroid dienone is 6. The van der Waals surface area contributed by atoms with Crippen LogP contribution in [-0.2, 0) is 16.5 Å². The molecule has 0 unspecified atom stereocenters. The zero-order valence-corrected chi connectivity index (χ0v) is 46.6. The Balaban J connectivity index is 0.00000115. The fourth-order valence-electron chi connectivity index (χ4n) is 7.76. The number of hydrogen-bond acceptors (Lipinski definition) is 7. The molecule has 0 saturated heterocycles. The Morgan fingerprint density at radius 1 is 0.766 bits per heavy atom. The van der Waals surface area contributed by atoms with Gasteiger partial charge in [0.15, 0.2) is 0 Å². The summed E-state index contributed by atoms with van der Waals surface area (Å²) in [7, 11) is -10.4. The topological polar surface area (TPSA) is 102 Å². The summed E-state index contributed by atoms with van der Waals surface area (Å²) < 4.78 is 79.7. The van der Waals surface area contributed by atoms with E-state index in [1.54, 1.807) is 0 Å². The first-order valence-corrected chi connectivity index (χ1v) is 30.3. The van der Waals surface area contributed by atoms with E-state index < -0.39 is 38.0 Å². The van der Waals surface area contributed by atoms with Gasteiger partial charge < -0.3 is 47.2 Å². The molecule has 2 aromatic rings. The molecule has 0 heterocycles. The van der Waals surface area contributed by atoms with Gasteiger partial charge in [-0.05, 0) is 135 Å². The van der Waals surface area contributed by atoms with Gasteiger partial charge in [0.25, 0.3) is 0 Å². The van der Waals surface area contributed by atoms with Gasteiger partial charge in [-0.1, -0.05) is 87.1 Å². The zero-order valence-electron chi connectivity index (χ0n) is 40.7. The second-order valence-corrected chi connectivity index (χ2v) is 29.4. The number of benzene rings is 2. The molecular weight excluding hydrogens is 950 g/mol. The molecule has 0 bridgehead atoms. The molecule has 0 aliphatic heterocycles. The molecule has 0 saturated carbocycles. The maximum absolute atomic E-state index is 13.0. The van der Waals surface area contributed by atoms with Crippen molar-refractivity contribution in [3.05, 3.63) is 95.5 Å². The van der Waals surface area contributed by atoms with E-state index in [0.717, 1.165) is 61.7 Å². The summed E-state index contributed by atoms with van der Waals surface area (Å²) in [5, 5.41) is 21.1. The molecule has 358 valence electrons. The Bertz CT molecular complexity index is 1950. The minimum atomic E-state index is -5.86. The van der Waals surface area contributed by atoms with Crippen LogP contribution in [0, 0.1) is 18.8 Å². The van der Waals surface area contributed by atoms with Crippen LogP contribution >= 0.6 is 0 Å². The number of aromatic hydroxyl groups is 2. The van der Waals surface area contributed by atoms with Crippen LogP contribution in [0.1, 0.15) is 134 Å². The van der Waals surface area contributed by atoms with Gasteiger partial charge in [0.1, 0.15) is 28.7 Å². The Hall–Kier alpha value is -2.18. The van der Waals surface area contributed by atoms with E-state index in [1.807, 2.05) is 72.2 Å². The summed E-state index contributed by atoms with van der Waals surface area (Å²) >= 11 is 0. The van der Waals surface area contributed by atoms with E-state index >= 15 is 0 Å². The van der Waals surface area contributed by atoms with Crippen LogP contribution in [0.15, 0.2) is 71.9 Å². The van der Waals surface area contributed by atoms with Gasteiger partial charge in [0.2, 0.25) is 16.6 Å². The summed E-state index contributed by atoms with van der Waals surface area (Å²) in [6.07, 6.45) is 16.2. The number of hydrogen-bond donors (Lipinski definition) is 2. The van der Waals surface area contributed by atoms with Crippen LogP contribution in [-0.4, -0.2) is 63.8 Å². The molecule has 2 aliphatic rings. The Kier molecular flexibility index (Phi) is 26.1.